The standard InChI is InChI=1S/C16H22N2O2S/c1-18(10-12-6-5-9-20-11-12)16(19)14(15(17)21)13-7-3-2-4-8-13/h2-4,7-8,12,14H,5-6,9-11H2,1H3,(H2,17,21). The van der Waals surface area contributed by atoms with Crippen molar-refractivity contribution in [2.75, 3.05) is 26.8 Å². The molecular formula is C16H22N2O2S. The van der Waals surface area contributed by atoms with Crippen LogP contribution in [0.3, 0.4) is 0 Å². The Kier molecular flexibility index (Phi) is 5.70. The van der Waals surface area contributed by atoms with Gasteiger partial charge in [0.15, 0.2) is 0 Å². The molecule has 0 aliphatic carbocycles. The van der Waals surface area contributed by atoms with Crippen molar-refractivity contribution in [3.63, 3.8) is 0 Å². The smallest absolute Gasteiger partial charge is 0.236 e. The molecule has 0 spiro atoms. The van der Waals surface area contributed by atoms with Gasteiger partial charge in [0.1, 0.15) is 5.92 Å². The highest BCUT2D eigenvalue weighted by Gasteiger charge is 2.28. The van der Waals surface area contributed by atoms with Gasteiger partial charge in [0, 0.05) is 20.2 Å². The van der Waals surface area contributed by atoms with Gasteiger partial charge in [-0.25, -0.2) is 0 Å². The van der Waals surface area contributed by atoms with Crippen LogP contribution in [0.4, 0.5) is 0 Å². The molecule has 0 bridgehead atoms. The SMILES string of the molecule is CN(CC1CCCOC1)C(=O)C(C(N)=S)c1ccccc1. The molecule has 1 aliphatic rings. The fourth-order valence-electron chi connectivity index (χ4n) is 2.72. The van der Waals surface area contributed by atoms with Gasteiger partial charge in [-0.3, -0.25) is 4.79 Å². The molecule has 2 N–H and O–H groups in total. The van der Waals surface area contributed by atoms with Gasteiger partial charge in [-0.05, 0) is 24.3 Å². The van der Waals surface area contributed by atoms with Crippen molar-refractivity contribution < 1.29 is 9.53 Å². The second-order valence-electron chi connectivity index (χ2n) is 5.55. The summed E-state index contributed by atoms with van der Waals surface area (Å²) in [5.41, 5.74) is 6.65. The van der Waals surface area contributed by atoms with Gasteiger partial charge in [-0.15, -0.1) is 0 Å². The molecule has 21 heavy (non-hydrogen) atoms. The van der Waals surface area contributed by atoms with Gasteiger partial charge in [-0.2, -0.15) is 0 Å². The van der Waals surface area contributed by atoms with Crippen LogP contribution < -0.4 is 5.73 Å². The second-order valence-corrected chi connectivity index (χ2v) is 6.02. The Morgan fingerprint density at radius 3 is 2.76 bits per heavy atom. The molecule has 5 heteroatoms. The average molecular weight is 306 g/mol. The van der Waals surface area contributed by atoms with Crippen LogP contribution in [0.15, 0.2) is 30.3 Å². The van der Waals surface area contributed by atoms with E-state index >= 15 is 0 Å². The monoisotopic (exact) mass is 306 g/mol. The number of likely N-dealkylation sites (N-methyl/N-ethyl adjacent to an activating group) is 1. The van der Waals surface area contributed by atoms with Crippen LogP contribution >= 0.6 is 12.2 Å². The number of amides is 1. The van der Waals surface area contributed by atoms with E-state index in [1.807, 2.05) is 37.4 Å². The minimum absolute atomic E-state index is 0.0423. The summed E-state index contributed by atoms with van der Waals surface area (Å²) in [7, 11) is 1.81. The molecule has 4 nitrogen and oxygen atoms in total. The summed E-state index contributed by atoms with van der Waals surface area (Å²) in [6.45, 7) is 2.24. The van der Waals surface area contributed by atoms with Crippen LogP contribution in [0.1, 0.15) is 24.3 Å². The molecule has 0 aromatic heterocycles. The fourth-order valence-corrected chi connectivity index (χ4v) is 2.96. The van der Waals surface area contributed by atoms with Crippen molar-refractivity contribution in [2.45, 2.75) is 18.8 Å². The van der Waals surface area contributed by atoms with Crippen molar-refractivity contribution >= 4 is 23.1 Å². The lowest BCUT2D eigenvalue weighted by Crippen LogP contribution is -2.41. The van der Waals surface area contributed by atoms with Gasteiger partial charge >= 0.3 is 0 Å². The van der Waals surface area contributed by atoms with Crippen molar-refractivity contribution in [1.82, 2.24) is 4.90 Å². The maximum absolute atomic E-state index is 12.7. The molecule has 1 aromatic carbocycles. The zero-order chi connectivity index (χ0) is 15.2. The third kappa shape index (κ3) is 4.25. The van der Waals surface area contributed by atoms with Gasteiger partial charge in [0.05, 0.1) is 11.6 Å². The number of benzene rings is 1. The minimum Gasteiger partial charge on any atom is -0.392 e. The maximum atomic E-state index is 12.7. The van der Waals surface area contributed by atoms with Gasteiger partial charge in [0.2, 0.25) is 5.91 Å². The molecular weight excluding hydrogens is 284 g/mol. The third-order valence-electron chi connectivity index (χ3n) is 3.83. The molecule has 0 saturated carbocycles. The normalized spacial score (nSPS) is 19.8. The average Bonchev–Trinajstić information content (AvgIpc) is 2.49. The number of nitrogens with zero attached hydrogens (tertiary/aromatic N) is 1. The van der Waals surface area contributed by atoms with Crippen LogP contribution in [0, 0.1) is 5.92 Å². The first-order chi connectivity index (χ1) is 10.1. The highest BCUT2D eigenvalue weighted by Crippen LogP contribution is 2.21. The molecule has 2 rings (SSSR count). The Morgan fingerprint density at radius 2 is 2.19 bits per heavy atom. The summed E-state index contributed by atoms with van der Waals surface area (Å²) >= 11 is 5.10. The van der Waals surface area contributed by atoms with Crippen LogP contribution in [0.25, 0.3) is 0 Å². The Bertz CT molecular complexity index is 486. The summed E-state index contributed by atoms with van der Waals surface area (Å²) in [5.74, 6) is -0.189. The number of thiocarbonyl (C=S) groups is 1. The number of hydrogen-bond donors (Lipinski definition) is 1. The van der Waals surface area contributed by atoms with E-state index in [0.29, 0.717) is 12.5 Å². The van der Waals surface area contributed by atoms with E-state index in [-0.39, 0.29) is 10.9 Å². The maximum Gasteiger partial charge on any atom is 0.236 e. The molecule has 1 aliphatic heterocycles. The minimum atomic E-state index is -0.546. The van der Waals surface area contributed by atoms with E-state index in [0.717, 1.165) is 31.6 Å². The van der Waals surface area contributed by atoms with Gasteiger partial charge in [-0.1, -0.05) is 42.5 Å². The van der Waals surface area contributed by atoms with E-state index < -0.39 is 5.92 Å². The largest absolute Gasteiger partial charge is 0.392 e. The zero-order valence-corrected chi connectivity index (χ0v) is 13.1. The first-order valence-electron chi connectivity index (χ1n) is 7.26. The molecule has 2 unspecified atom stereocenters. The van der Waals surface area contributed by atoms with Crippen LogP contribution in [0.2, 0.25) is 0 Å². The van der Waals surface area contributed by atoms with E-state index in [1.54, 1.807) is 4.90 Å². The van der Waals surface area contributed by atoms with Crippen LogP contribution in [0.5, 0.6) is 0 Å². The lowest BCUT2D eigenvalue weighted by molar-refractivity contribution is -0.131. The summed E-state index contributed by atoms with van der Waals surface area (Å²) < 4.78 is 5.47. The zero-order valence-electron chi connectivity index (χ0n) is 12.3. The Hall–Kier alpha value is -1.46. The quantitative estimate of drug-likeness (QED) is 0.845. The molecule has 1 fully saturated rings. The predicted octanol–water partition coefficient (Wildman–Crippen LogP) is 1.94. The summed E-state index contributed by atoms with van der Waals surface area (Å²) in [6, 6.07) is 9.47. The van der Waals surface area contributed by atoms with Crippen molar-refractivity contribution in [2.24, 2.45) is 11.7 Å². The molecule has 1 saturated heterocycles. The van der Waals surface area contributed by atoms with Crippen molar-refractivity contribution in [3.05, 3.63) is 35.9 Å². The molecule has 114 valence electrons. The van der Waals surface area contributed by atoms with Gasteiger partial charge < -0.3 is 15.4 Å². The first kappa shape index (κ1) is 15.9. The summed E-state index contributed by atoms with van der Waals surface area (Å²) in [4.78, 5) is 14.6. The summed E-state index contributed by atoms with van der Waals surface area (Å²) in [6.07, 6.45) is 2.16. The van der Waals surface area contributed by atoms with Crippen molar-refractivity contribution in [3.8, 4) is 0 Å². The van der Waals surface area contributed by atoms with E-state index in [4.69, 9.17) is 22.7 Å². The number of carbonyl (C=O) groups excluding carboxylic acids is 1. The number of ether oxygens (including phenoxy) is 1. The molecule has 0 radical (unpaired) electrons. The lowest BCUT2D eigenvalue weighted by Gasteiger charge is -2.29. The second kappa shape index (κ2) is 7.52. The number of hydrogen-bond acceptors (Lipinski definition) is 3. The third-order valence-corrected chi connectivity index (χ3v) is 4.06. The topological polar surface area (TPSA) is 55.6 Å². The highest BCUT2D eigenvalue weighted by molar-refractivity contribution is 7.80. The molecule has 1 aromatic rings. The fraction of sp³-hybridized carbons (Fsp3) is 0.500. The lowest BCUT2D eigenvalue weighted by atomic mass is 9.96. The number of rotatable bonds is 5. The molecule has 2 atom stereocenters. The molecule has 1 heterocycles. The first-order valence-corrected chi connectivity index (χ1v) is 7.67. The number of nitrogens with two attached hydrogens (primary N) is 1. The highest BCUT2D eigenvalue weighted by atomic mass is 32.1. The number of carbonyl (C=O) groups is 1. The van der Waals surface area contributed by atoms with Gasteiger partial charge in [0.25, 0.3) is 0 Å². The van der Waals surface area contributed by atoms with E-state index in [2.05, 4.69) is 0 Å². The molecule has 1 amide bonds. The van der Waals surface area contributed by atoms with Crippen molar-refractivity contribution in [1.29, 1.82) is 0 Å². The Morgan fingerprint density at radius 1 is 1.48 bits per heavy atom. The van der Waals surface area contributed by atoms with Crippen LogP contribution in [-0.4, -0.2) is 42.6 Å². The summed E-state index contributed by atoms with van der Waals surface area (Å²) in [5, 5.41) is 0. The van der Waals surface area contributed by atoms with E-state index in [9.17, 15) is 4.79 Å². The van der Waals surface area contributed by atoms with Crippen LogP contribution in [-0.2, 0) is 9.53 Å². The Balaban J connectivity index is 2.05. The van der Waals surface area contributed by atoms with E-state index in [1.165, 1.54) is 0 Å². The Labute approximate surface area is 131 Å². The predicted molar refractivity (Wildman–Crippen MR) is 87.1 cm³/mol.